The zero-order chi connectivity index (χ0) is 10.6. The first-order chi connectivity index (χ1) is 6.65. The lowest BCUT2D eigenvalue weighted by Crippen LogP contribution is -2.04. The predicted octanol–water partition coefficient (Wildman–Crippen LogP) is 2.37. The van der Waals surface area contributed by atoms with Gasteiger partial charge in [0.25, 0.3) is 0 Å². The summed E-state index contributed by atoms with van der Waals surface area (Å²) in [6, 6.07) is 5.11. The van der Waals surface area contributed by atoms with E-state index in [9.17, 15) is 4.79 Å². The van der Waals surface area contributed by atoms with Crippen LogP contribution in [0.5, 0.6) is 5.75 Å². The molecule has 0 aromatic heterocycles. The van der Waals surface area contributed by atoms with Crippen molar-refractivity contribution >= 4 is 17.6 Å². The van der Waals surface area contributed by atoms with E-state index in [1.807, 2.05) is 6.92 Å². The van der Waals surface area contributed by atoms with Crippen LogP contribution in [0.4, 0.5) is 0 Å². The standard InChI is InChI=1S/C10H11ClO3/c1-2-14-9-5-3-4-8(11)7(9)6-10(12)13/h3-5H,2,6H2,1H3,(H,12,13). The van der Waals surface area contributed by atoms with E-state index in [-0.39, 0.29) is 6.42 Å². The molecule has 1 rings (SSSR count). The Kier molecular flexibility index (Phi) is 3.77. The highest BCUT2D eigenvalue weighted by Crippen LogP contribution is 2.26. The molecule has 4 heteroatoms. The van der Waals surface area contributed by atoms with Crippen molar-refractivity contribution in [1.29, 1.82) is 0 Å². The lowest BCUT2D eigenvalue weighted by molar-refractivity contribution is -0.136. The summed E-state index contributed by atoms with van der Waals surface area (Å²) in [6.07, 6.45) is -0.116. The minimum Gasteiger partial charge on any atom is -0.494 e. The molecule has 0 saturated carbocycles. The molecule has 0 atom stereocenters. The van der Waals surface area contributed by atoms with Crippen LogP contribution in [0.3, 0.4) is 0 Å². The minimum atomic E-state index is -0.918. The normalized spacial score (nSPS) is 9.86. The monoisotopic (exact) mass is 214 g/mol. The fourth-order valence-corrected chi connectivity index (χ4v) is 1.39. The third kappa shape index (κ3) is 2.64. The van der Waals surface area contributed by atoms with Gasteiger partial charge in [-0.05, 0) is 19.1 Å². The fraction of sp³-hybridized carbons (Fsp3) is 0.300. The summed E-state index contributed by atoms with van der Waals surface area (Å²) in [5.74, 6) is -0.374. The van der Waals surface area contributed by atoms with Gasteiger partial charge in [-0.25, -0.2) is 0 Å². The van der Waals surface area contributed by atoms with Crippen molar-refractivity contribution in [2.45, 2.75) is 13.3 Å². The molecular formula is C10H11ClO3. The maximum atomic E-state index is 10.6. The van der Waals surface area contributed by atoms with Crippen molar-refractivity contribution in [3.63, 3.8) is 0 Å². The lowest BCUT2D eigenvalue weighted by atomic mass is 10.1. The largest absolute Gasteiger partial charge is 0.494 e. The Labute approximate surface area is 87.3 Å². The molecule has 76 valence electrons. The lowest BCUT2D eigenvalue weighted by Gasteiger charge is -2.09. The summed E-state index contributed by atoms with van der Waals surface area (Å²) >= 11 is 5.87. The van der Waals surface area contributed by atoms with Crippen molar-refractivity contribution in [3.05, 3.63) is 28.8 Å². The van der Waals surface area contributed by atoms with Gasteiger partial charge in [-0.15, -0.1) is 0 Å². The molecule has 3 nitrogen and oxygen atoms in total. The molecule has 1 N–H and O–H groups in total. The quantitative estimate of drug-likeness (QED) is 0.837. The van der Waals surface area contributed by atoms with Gasteiger partial charge in [0.05, 0.1) is 13.0 Å². The Hall–Kier alpha value is -1.22. The number of ether oxygens (including phenoxy) is 1. The van der Waals surface area contributed by atoms with E-state index in [1.54, 1.807) is 18.2 Å². The van der Waals surface area contributed by atoms with Gasteiger partial charge in [-0.3, -0.25) is 4.79 Å². The number of carbonyl (C=O) groups is 1. The first kappa shape index (κ1) is 10.9. The number of carboxylic acids is 1. The van der Waals surface area contributed by atoms with E-state index in [2.05, 4.69) is 0 Å². The minimum absolute atomic E-state index is 0.116. The summed E-state index contributed by atoms with van der Waals surface area (Å²) in [4.78, 5) is 10.6. The van der Waals surface area contributed by atoms with Gasteiger partial charge in [0.2, 0.25) is 0 Å². The summed E-state index contributed by atoms with van der Waals surface area (Å²) in [5.41, 5.74) is 0.531. The van der Waals surface area contributed by atoms with Crippen LogP contribution in [-0.4, -0.2) is 17.7 Å². The zero-order valence-electron chi connectivity index (χ0n) is 7.79. The van der Waals surface area contributed by atoms with Crippen LogP contribution in [0.25, 0.3) is 0 Å². The third-order valence-corrected chi connectivity index (χ3v) is 2.06. The zero-order valence-corrected chi connectivity index (χ0v) is 8.54. The van der Waals surface area contributed by atoms with E-state index in [0.717, 1.165) is 0 Å². The maximum Gasteiger partial charge on any atom is 0.308 e. The van der Waals surface area contributed by atoms with Crippen LogP contribution in [0.2, 0.25) is 5.02 Å². The van der Waals surface area contributed by atoms with Crippen molar-refractivity contribution < 1.29 is 14.6 Å². The van der Waals surface area contributed by atoms with Gasteiger partial charge in [0, 0.05) is 10.6 Å². The molecule has 14 heavy (non-hydrogen) atoms. The van der Waals surface area contributed by atoms with Gasteiger partial charge in [-0.2, -0.15) is 0 Å². The molecule has 0 aliphatic heterocycles. The van der Waals surface area contributed by atoms with Crippen molar-refractivity contribution in [3.8, 4) is 5.75 Å². The van der Waals surface area contributed by atoms with Gasteiger partial charge in [0.1, 0.15) is 5.75 Å². The average Bonchev–Trinajstić information content (AvgIpc) is 2.11. The van der Waals surface area contributed by atoms with E-state index in [4.69, 9.17) is 21.4 Å². The summed E-state index contributed by atoms with van der Waals surface area (Å²) in [7, 11) is 0. The van der Waals surface area contributed by atoms with Crippen LogP contribution in [-0.2, 0) is 11.2 Å². The molecule has 0 aliphatic carbocycles. The maximum absolute atomic E-state index is 10.6. The summed E-state index contributed by atoms with van der Waals surface area (Å²) in [5, 5.41) is 9.10. The fourth-order valence-electron chi connectivity index (χ4n) is 1.15. The van der Waals surface area contributed by atoms with E-state index in [0.29, 0.717) is 22.9 Å². The van der Waals surface area contributed by atoms with Crippen molar-refractivity contribution in [2.75, 3.05) is 6.61 Å². The van der Waals surface area contributed by atoms with Crippen molar-refractivity contribution in [2.24, 2.45) is 0 Å². The smallest absolute Gasteiger partial charge is 0.308 e. The number of aliphatic carboxylic acids is 1. The van der Waals surface area contributed by atoms with E-state index >= 15 is 0 Å². The van der Waals surface area contributed by atoms with Crippen LogP contribution in [0.15, 0.2) is 18.2 Å². The molecule has 0 bridgehead atoms. The second-order valence-corrected chi connectivity index (χ2v) is 3.13. The molecule has 0 fully saturated rings. The Bertz CT molecular complexity index is 336. The van der Waals surface area contributed by atoms with Crippen molar-refractivity contribution in [1.82, 2.24) is 0 Å². The second kappa shape index (κ2) is 4.86. The van der Waals surface area contributed by atoms with Gasteiger partial charge in [-0.1, -0.05) is 17.7 Å². The molecule has 0 saturated heterocycles. The number of hydrogen-bond donors (Lipinski definition) is 1. The molecular weight excluding hydrogens is 204 g/mol. The molecule has 0 unspecified atom stereocenters. The Morgan fingerprint density at radius 3 is 2.86 bits per heavy atom. The Morgan fingerprint density at radius 1 is 1.57 bits per heavy atom. The number of carboxylic acid groups (broad SMARTS) is 1. The number of benzene rings is 1. The van der Waals surface area contributed by atoms with E-state index in [1.165, 1.54) is 0 Å². The first-order valence-corrected chi connectivity index (χ1v) is 4.65. The highest BCUT2D eigenvalue weighted by atomic mass is 35.5. The molecule has 0 spiro atoms. The third-order valence-electron chi connectivity index (χ3n) is 1.70. The van der Waals surface area contributed by atoms with Gasteiger partial charge in [0.15, 0.2) is 0 Å². The van der Waals surface area contributed by atoms with Crippen LogP contribution >= 0.6 is 11.6 Å². The van der Waals surface area contributed by atoms with Crippen LogP contribution in [0.1, 0.15) is 12.5 Å². The van der Waals surface area contributed by atoms with Gasteiger partial charge < -0.3 is 9.84 Å². The first-order valence-electron chi connectivity index (χ1n) is 4.27. The topological polar surface area (TPSA) is 46.5 Å². The summed E-state index contributed by atoms with van der Waals surface area (Å²) < 4.78 is 5.27. The Balaban J connectivity index is 3.02. The molecule has 0 heterocycles. The number of halogens is 1. The van der Waals surface area contributed by atoms with Crippen LogP contribution < -0.4 is 4.74 Å². The number of hydrogen-bond acceptors (Lipinski definition) is 2. The highest BCUT2D eigenvalue weighted by molar-refractivity contribution is 6.31. The summed E-state index contributed by atoms with van der Waals surface area (Å²) in [6.45, 7) is 2.33. The van der Waals surface area contributed by atoms with E-state index < -0.39 is 5.97 Å². The predicted molar refractivity (Wildman–Crippen MR) is 54.0 cm³/mol. The molecule has 1 aromatic rings. The SMILES string of the molecule is CCOc1cccc(Cl)c1CC(=O)O. The second-order valence-electron chi connectivity index (χ2n) is 2.72. The highest BCUT2D eigenvalue weighted by Gasteiger charge is 2.11. The molecule has 0 radical (unpaired) electrons. The molecule has 0 amide bonds. The molecule has 0 aliphatic rings. The van der Waals surface area contributed by atoms with Crippen LogP contribution in [0, 0.1) is 0 Å². The number of rotatable bonds is 4. The average molecular weight is 215 g/mol. The van der Waals surface area contributed by atoms with Gasteiger partial charge >= 0.3 is 5.97 Å². The Morgan fingerprint density at radius 2 is 2.29 bits per heavy atom. The molecule has 1 aromatic carbocycles.